The zero-order chi connectivity index (χ0) is 14.5. The zero-order valence-corrected chi connectivity index (χ0v) is 12.9. The molecule has 0 saturated carbocycles. The van der Waals surface area contributed by atoms with Crippen molar-refractivity contribution in [2.24, 2.45) is 5.92 Å². The molecule has 20 heavy (non-hydrogen) atoms. The Balaban J connectivity index is 2.09. The fourth-order valence-corrected chi connectivity index (χ4v) is 2.82. The Hall–Kier alpha value is -1.51. The number of amides is 1. The van der Waals surface area contributed by atoms with Crippen LogP contribution in [-0.4, -0.2) is 29.9 Å². The lowest BCUT2D eigenvalue weighted by atomic mass is 9.94. The predicted molar refractivity (Wildman–Crippen MR) is 84.1 cm³/mol. The molecule has 0 aliphatic carbocycles. The van der Waals surface area contributed by atoms with Crippen molar-refractivity contribution in [3.05, 3.63) is 29.8 Å². The van der Waals surface area contributed by atoms with Crippen molar-refractivity contribution < 1.29 is 4.79 Å². The van der Waals surface area contributed by atoms with Gasteiger partial charge in [-0.3, -0.25) is 4.79 Å². The van der Waals surface area contributed by atoms with Crippen LogP contribution in [0.2, 0.25) is 0 Å². The van der Waals surface area contributed by atoms with E-state index in [1.165, 1.54) is 6.42 Å². The van der Waals surface area contributed by atoms with Gasteiger partial charge < -0.3 is 10.2 Å². The number of nitrogens with one attached hydrogen (secondary N) is 1. The summed E-state index contributed by atoms with van der Waals surface area (Å²) in [5, 5.41) is 3.37. The van der Waals surface area contributed by atoms with E-state index in [4.69, 9.17) is 0 Å². The first kappa shape index (κ1) is 14.9. The van der Waals surface area contributed by atoms with Crippen LogP contribution >= 0.6 is 0 Å². The Morgan fingerprint density at radius 1 is 1.30 bits per heavy atom. The van der Waals surface area contributed by atoms with Crippen LogP contribution in [-0.2, 0) is 0 Å². The van der Waals surface area contributed by atoms with Crippen molar-refractivity contribution in [1.29, 1.82) is 0 Å². The molecule has 1 aromatic carbocycles. The van der Waals surface area contributed by atoms with Crippen LogP contribution in [0.5, 0.6) is 0 Å². The van der Waals surface area contributed by atoms with Crippen LogP contribution in [0.15, 0.2) is 24.3 Å². The van der Waals surface area contributed by atoms with Gasteiger partial charge in [0.05, 0.1) is 5.56 Å². The Labute approximate surface area is 122 Å². The molecule has 3 nitrogen and oxygen atoms in total. The molecule has 110 valence electrons. The monoisotopic (exact) mass is 274 g/mol. The molecule has 2 rings (SSSR count). The van der Waals surface area contributed by atoms with Crippen molar-refractivity contribution >= 4 is 11.6 Å². The number of likely N-dealkylation sites (tertiary alicyclic amines) is 1. The first-order valence-electron chi connectivity index (χ1n) is 7.76. The Kier molecular flexibility index (Phi) is 5.05. The SMILES string of the molecule is CCC1CCN(C(=O)c2ccccc2NC(C)C)CC1. The summed E-state index contributed by atoms with van der Waals surface area (Å²) in [5.74, 6) is 0.964. The third kappa shape index (κ3) is 3.53. The quantitative estimate of drug-likeness (QED) is 0.906. The van der Waals surface area contributed by atoms with Gasteiger partial charge in [-0.25, -0.2) is 0 Å². The van der Waals surface area contributed by atoms with Crippen molar-refractivity contribution in [3.63, 3.8) is 0 Å². The maximum atomic E-state index is 12.7. The second kappa shape index (κ2) is 6.78. The number of anilines is 1. The number of piperidine rings is 1. The predicted octanol–water partition coefficient (Wildman–Crippen LogP) is 3.77. The van der Waals surface area contributed by atoms with Crippen molar-refractivity contribution in [2.45, 2.75) is 46.1 Å². The first-order chi connectivity index (χ1) is 9.61. The highest BCUT2D eigenvalue weighted by Gasteiger charge is 2.24. The summed E-state index contributed by atoms with van der Waals surface area (Å²) in [6, 6.07) is 8.17. The number of hydrogen-bond acceptors (Lipinski definition) is 2. The van der Waals surface area contributed by atoms with E-state index in [-0.39, 0.29) is 5.91 Å². The number of nitrogens with zero attached hydrogens (tertiary/aromatic N) is 1. The number of para-hydroxylation sites is 1. The lowest BCUT2D eigenvalue weighted by Gasteiger charge is -2.32. The van der Waals surface area contributed by atoms with E-state index in [1.807, 2.05) is 29.2 Å². The van der Waals surface area contributed by atoms with Crippen LogP contribution in [0.3, 0.4) is 0 Å². The highest BCUT2D eigenvalue weighted by Crippen LogP contribution is 2.24. The smallest absolute Gasteiger partial charge is 0.255 e. The second-order valence-electron chi connectivity index (χ2n) is 5.99. The van der Waals surface area contributed by atoms with Gasteiger partial charge in [-0.1, -0.05) is 25.5 Å². The van der Waals surface area contributed by atoms with Gasteiger partial charge in [0.25, 0.3) is 5.91 Å². The maximum Gasteiger partial charge on any atom is 0.255 e. The molecule has 0 aromatic heterocycles. The van der Waals surface area contributed by atoms with E-state index in [9.17, 15) is 4.79 Å². The molecule has 0 spiro atoms. The second-order valence-corrected chi connectivity index (χ2v) is 5.99. The lowest BCUT2D eigenvalue weighted by Crippen LogP contribution is -2.38. The number of rotatable bonds is 4. The molecule has 0 unspecified atom stereocenters. The summed E-state index contributed by atoms with van der Waals surface area (Å²) < 4.78 is 0. The van der Waals surface area contributed by atoms with Crippen molar-refractivity contribution in [3.8, 4) is 0 Å². The van der Waals surface area contributed by atoms with E-state index in [0.29, 0.717) is 6.04 Å². The summed E-state index contributed by atoms with van der Waals surface area (Å²) in [4.78, 5) is 14.7. The lowest BCUT2D eigenvalue weighted by molar-refractivity contribution is 0.0690. The van der Waals surface area contributed by atoms with Crippen molar-refractivity contribution in [2.75, 3.05) is 18.4 Å². The summed E-state index contributed by atoms with van der Waals surface area (Å²) in [7, 11) is 0. The standard InChI is InChI=1S/C17H26N2O/c1-4-14-9-11-19(12-10-14)17(20)15-7-5-6-8-16(15)18-13(2)3/h5-8,13-14,18H,4,9-12H2,1-3H3. The highest BCUT2D eigenvalue weighted by atomic mass is 16.2. The van der Waals surface area contributed by atoms with Gasteiger partial charge in [-0.05, 0) is 44.7 Å². The average molecular weight is 274 g/mol. The summed E-state index contributed by atoms with van der Waals surface area (Å²) in [6.45, 7) is 8.21. The molecule has 0 radical (unpaired) electrons. The van der Waals surface area contributed by atoms with Gasteiger partial charge >= 0.3 is 0 Å². The molecule has 1 N–H and O–H groups in total. The molecular weight excluding hydrogens is 248 g/mol. The third-order valence-electron chi connectivity index (χ3n) is 4.08. The van der Waals surface area contributed by atoms with Crippen LogP contribution in [0, 0.1) is 5.92 Å². The van der Waals surface area contributed by atoms with E-state index in [0.717, 1.165) is 43.1 Å². The first-order valence-corrected chi connectivity index (χ1v) is 7.76. The molecule has 1 aromatic rings. The average Bonchev–Trinajstić information content (AvgIpc) is 2.46. The van der Waals surface area contributed by atoms with E-state index in [1.54, 1.807) is 0 Å². The fraction of sp³-hybridized carbons (Fsp3) is 0.588. The van der Waals surface area contributed by atoms with Gasteiger partial charge in [-0.2, -0.15) is 0 Å². The highest BCUT2D eigenvalue weighted by molar-refractivity contribution is 5.99. The van der Waals surface area contributed by atoms with Crippen LogP contribution in [0.25, 0.3) is 0 Å². The minimum Gasteiger partial charge on any atom is -0.382 e. The minimum absolute atomic E-state index is 0.170. The molecule has 1 aliphatic rings. The molecule has 0 atom stereocenters. The number of benzene rings is 1. The Morgan fingerprint density at radius 2 is 1.95 bits per heavy atom. The van der Waals surface area contributed by atoms with Crippen LogP contribution < -0.4 is 5.32 Å². The Morgan fingerprint density at radius 3 is 2.55 bits per heavy atom. The normalized spacial score (nSPS) is 16.5. The van der Waals surface area contributed by atoms with Gasteiger partial charge in [-0.15, -0.1) is 0 Å². The minimum atomic E-state index is 0.170. The summed E-state index contributed by atoms with van der Waals surface area (Å²) in [5.41, 5.74) is 1.75. The maximum absolute atomic E-state index is 12.7. The number of carbonyl (C=O) groups is 1. The topological polar surface area (TPSA) is 32.3 Å². The third-order valence-corrected chi connectivity index (χ3v) is 4.08. The van der Waals surface area contributed by atoms with Gasteiger partial charge in [0, 0.05) is 24.8 Å². The molecule has 1 aliphatic heterocycles. The molecular formula is C17H26N2O. The van der Waals surface area contributed by atoms with Crippen LogP contribution in [0.4, 0.5) is 5.69 Å². The van der Waals surface area contributed by atoms with Gasteiger partial charge in [0.1, 0.15) is 0 Å². The molecule has 1 fully saturated rings. The summed E-state index contributed by atoms with van der Waals surface area (Å²) in [6.07, 6.45) is 3.51. The fourth-order valence-electron chi connectivity index (χ4n) is 2.82. The van der Waals surface area contributed by atoms with Gasteiger partial charge in [0.15, 0.2) is 0 Å². The molecule has 1 saturated heterocycles. The summed E-state index contributed by atoms with van der Waals surface area (Å²) >= 11 is 0. The number of carbonyl (C=O) groups excluding carboxylic acids is 1. The van der Waals surface area contributed by atoms with Crippen LogP contribution in [0.1, 0.15) is 50.4 Å². The molecule has 1 amide bonds. The van der Waals surface area contributed by atoms with Gasteiger partial charge in [0.2, 0.25) is 0 Å². The zero-order valence-electron chi connectivity index (χ0n) is 12.9. The largest absolute Gasteiger partial charge is 0.382 e. The van der Waals surface area contributed by atoms with E-state index in [2.05, 4.69) is 26.1 Å². The van der Waals surface area contributed by atoms with Crippen molar-refractivity contribution in [1.82, 2.24) is 4.90 Å². The Bertz CT molecular complexity index is 448. The number of hydrogen-bond donors (Lipinski definition) is 1. The van der Waals surface area contributed by atoms with E-state index >= 15 is 0 Å². The molecule has 1 heterocycles. The van der Waals surface area contributed by atoms with E-state index < -0.39 is 0 Å². The molecule has 0 bridgehead atoms. The molecule has 3 heteroatoms.